The molecule has 3 N–H and O–H groups in total. The van der Waals surface area contributed by atoms with E-state index >= 15 is 0 Å². The minimum Gasteiger partial charge on any atom is -0.423 e. The summed E-state index contributed by atoms with van der Waals surface area (Å²) >= 11 is 0. The molecule has 0 amide bonds. The molecule has 0 saturated carbocycles. The summed E-state index contributed by atoms with van der Waals surface area (Å²) in [6.45, 7) is 1.08. The second-order valence-electron chi connectivity index (χ2n) is 6.32. The van der Waals surface area contributed by atoms with Gasteiger partial charge in [-0.25, -0.2) is 0 Å². The first kappa shape index (κ1) is 15.3. The number of anilines is 1. The molecule has 2 fully saturated rings. The first-order valence-electron chi connectivity index (χ1n) is 7.93. The van der Waals surface area contributed by atoms with Crippen molar-refractivity contribution in [3.05, 3.63) is 24.3 Å². The summed E-state index contributed by atoms with van der Waals surface area (Å²) in [7, 11) is 3.96. The molecule has 2 aliphatic rings. The minimum absolute atomic E-state index is 0.0101. The van der Waals surface area contributed by atoms with E-state index in [1.165, 1.54) is 0 Å². The number of hydrogen-bond donors (Lipinski definition) is 1. The molecule has 4 rings (SSSR count). The van der Waals surface area contributed by atoms with E-state index in [4.69, 9.17) is 14.2 Å². The molecule has 1 aromatic carbocycles. The third-order valence-electron chi connectivity index (χ3n) is 4.45. The summed E-state index contributed by atoms with van der Waals surface area (Å²) in [5, 5.41) is 11.8. The summed E-state index contributed by atoms with van der Waals surface area (Å²) in [6, 6.07) is 8.11. The van der Waals surface area contributed by atoms with E-state index in [-0.39, 0.29) is 24.3 Å². The van der Waals surface area contributed by atoms with Gasteiger partial charge in [0.15, 0.2) is 0 Å². The van der Waals surface area contributed by atoms with Crippen molar-refractivity contribution in [3.63, 3.8) is 0 Å². The normalized spacial score (nSPS) is 28.8. The van der Waals surface area contributed by atoms with Crippen molar-refractivity contribution in [2.24, 2.45) is 0 Å². The summed E-state index contributed by atoms with van der Waals surface area (Å²) in [6.07, 6.45) is -0.101. The largest absolute Gasteiger partial charge is 0.423 e. The van der Waals surface area contributed by atoms with Crippen LogP contribution in [0, 0.1) is 0 Å². The third kappa shape index (κ3) is 2.60. The lowest BCUT2D eigenvalue weighted by atomic mass is 10.1. The maximum atomic E-state index is 5.90. The molecule has 4 atom stereocenters. The summed E-state index contributed by atoms with van der Waals surface area (Å²) < 4.78 is 19.2. The van der Waals surface area contributed by atoms with Gasteiger partial charge < -0.3 is 24.8 Å². The highest BCUT2D eigenvalue weighted by atomic mass is 16.6. The summed E-state index contributed by atoms with van der Waals surface area (Å²) in [5.74, 6) is 0.676. The van der Waals surface area contributed by atoms with Gasteiger partial charge in [-0.2, -0.15) is 4.68 Å². The van der Waals surface area contributed by atoms with Gasteiger partial charge in [-0.3, -0.25) is 0 Å². The number of benzene rings is 1. The number of hydrogen-bond acceptors (Lipinski definition) is 7. The Morgan fingerprint density at radius 1 is 1.25 bits per heavy atom. The molecular formula is C15H21N6O3+. The third-order valence-corrected chi connectivity index (χ3v) is 4.45. The lowest BCUT2D eigenvalue weighted by Crippen LogP contribution is -2.66. The first-order chi connectivity index (χ1) is 11.6. The van der Waals surface area contributed by atoms with Gasteiger partial charge in [0, 0.05) is 25.8 Å². The Morgan fingerprint density at radius 3 is 2.92 bits per heavy atom. The van der Waals surface area contributed by atoms with Crippen LogP contribution in [-0.2, 0) is 9.47 Å². The van der Waals surface area contributed by atoms with Crippen LogP contribution in [-0.4, -0.2) is 65.8 Å². The molecule has 3 heterocycles. The summed E-state index contributed by atoms with van der Waals surface area (Å²) in [4.78, 5) is 2.01. The van der Waals surface area contributed by atoms with Gasteiger partial charge in [0.05, 0.1) is 6.61 Å². The smallest absolute Gasteiger partial charge is 0.341 e. The predicted octanol–water partition coefficient (Wildman–Crippen LogP) is -0.519. The van der Waals surface area contributed by atoms with Crippen LogP contribution in [0.1, 0.15) is 6.04 Å². The minimum atomic E-state index is -0.108. The topological polar surface area (TPSA) is 102 Å². The van der Waals surface area contributed by atoms with Crippen molar-refractivity contribution in [2.45, 2.75) is 24.3 Å². The van der Waals surface area contributed by atoms with Gasteiger partial charge in [-0.1, -0.05) is 11.2 Å². The second-order valence-corrected chi connectivity index (χ2v) is 6.32. The number of aromatic nitrogens is 4. The van der Waals surface area contributed by atoms with Crippen molar-refractivity contribution in [1.29, 1.82) is 0 Å². The van der Waals surface area contributed by atoms with E-state index in [1.807, 2.05) is 43.3 Å². The van der Waals surface area contributed by atoms with E-state index in [0.29, 0.717) is 25.0 Å². The maximum Gasteiger partial charge on any atom is 0.341 e. The highest BCUT2D eigenvalue weighted by molar-refractivity contribution is 5.49. The molecule has 0 aliphatic carbocycles. The standard InChI is InChI=1S/C15H20N6O3/c1-20(2)9-4-3-5-10(6-9)24-15-17-18-19-21(15)12-8-23-13-11(16)7-22-14(12)13/h3-6,11-14H,7-8,16H2,1-2H3/p+1/t11-,12-,13+,14+/m0/s1. The van der Waals surface area contributed by atoms with Crippen LogP contribution in [0.3, 0.4) is 0 Å². The van der Waals surface area contributed by atoms with E-state index in [0.717, 1.165) is 5.69 Å². The SMILES string of the molecule is CN(C)c1cccc(Oc2nnnn2[C@H]2CO[C@H]3[C@@H]2OC[C@@H]3[NH3+])c1. The number of nitrogens with zero attached hydrogens (tertiary/aromatic N) is 5. The Labute approximate surface area is 139 Å². The molecular weight excluding hydrogens is 312 g/mol. The zero-order valence-electron chi connectivity index (χ0n) is 13.7. The van der Waals surface area contributed by atoms with E-state index in [9.17, 15) is 0 Å². The Kier molecular flexibility index (Phi) is 3.83. The molecule has 2 aromatic rings. The molecule has 0 unspecified atom stereocenters. The molecule has 128 valence electrons. The number of quaternary nitrogens is 1. The van der Waals surface area contributed by atoms with Crippen LogP contribution in [0.5, 0.6) is 11.8 Å². The molecule has 2 aliphatic heterocycles. The zero-order chi connectivity index (χ0) is 16.7. The van der Waals surface area contributed by atoms with Gasteiger partial charge in [0.2, 0.25) is 0 Å². The fraction of sp³-hybridized carbons (Fsp3) is 0.533. The van der Waals surface area contributed by atoms with Crippen LogP contribution in [0.15, 0.2) is 24.3 Å². The molecule has 2 saturated heterocycles. The Balaban J connectivity index is 1.56. The summed E-state index contributed by atoms with van der Waals surface area (Å²) in [5.41, 5.74) is 5.10. The average Bonchev–Trinajstić information content (AvgIpc) is 3.26. The molecule has 0 spiro atoms. The lowest BCUT2D eigenvalue weighted by Gasteiger charge is -2.17. The molecule has 9 nitrogen and oxygen atoms in total. The van der Waals surface area contributed by atoms with Crippen LogP contribution < -0.4 is 15.4 Å². The molecule has 24 heavy (non-hydrogen) atoms. The first-order valence-corrected chi connectivity index (χ1v) is 7.93. The zero-order valence-corrected chi connectivity index (χ0v) is 13.7. The highest BCUT2D eigenvalue weighted by Crippen LogP contribution is 2.35. The van der Waals surface area contributed by atoms with Crippen LogP contribution in [0.25, 0.3) is 0 Å². The van der Waals surface area contributed by atoms with E-state index in [2.05, 4.69) is 21.3 Å². The Bertz CT molecular complexity index is 721. The predicted molar refractivity (Wildman–Crippen MR) is 83.9 cm³/mol. The fourth-order valence-electron chi connectivity index (χ4n) is 3.16. The fourth-order valence-corrected chi connectivity index (χ4v) is 3.16. The van der Waals surface area contributed by atoms with Crippen molar-refractivity contribution in [1.82, 2.24) is 20.2 Å². The maximum absolute atomic E-state index is 5.90. The van der Waals surface area contributed by atoms with Crippen molar-refractivity contribution in [2.75, 3.05) is 32.2 Å². The van der Waals surface area contributed by atoms with Crippen molar-refractivity contribution in [3.8, 4) is 11.8 Å². The van der Waals surface area contributed by atoms with Crippen LogP contribution in [0.4, 0.5) is 5.69 Å². The lowest BCUT2D eigenvalue weighted by molar-refractivity contribution is -0.430. The quantitative estimate of drug-likeness (QED) is 0.803. The van der Waals surface area contributed by atoms with Gasteiger partial charge in [0.1, 0.15) is 36.6 Å². The van der Waals surface area contributed by atoms with Gasteiger partial charge >= 0.3 is 6.01 Å². The molecule has 1 aromatic heterocycles. The Morgan fingerprint density at radius 2 is 2.08 bits per heavy atom. The monoisotopic (exact) mass is 333 g/mol. The molecule has 0 radical (unpaired) electrons. The van der Waals surface area contributed by atoms with E-state index < -0.39 is 0 Å². The highest BCUT2D eigenvalue weighted by Gasteiger charge is 2.50. The molecule has 0 bridgehead atoms. The van der Waals surface area contributed by atoms with Crippen LogP contribution >= 0.6 is 0 Å². The number of tetrazole rings is 1. The number of fused-ring (bicyclic) bond motifs is 1. The van der Waals surface area contributed by atoms with E-state index in [1.54, 1.807) is 4.68 Å². The number of ether oxygens (including phenoxy) is 3. The van der Waals surface area contributed by atoms with Crippen LogP contribution in [0.2, 0.25) is 0 Å². The molecule has 9 heteroatoms. The number of rotatable bonds is 4. The van der Waals surface area contributed by atoms with Crippen molar-refractivity contribution >= 4 is 5.69 Å². The van der Waals surface area contributed by atoms with Gasteiger partial charge in [-0.05, 0) is 22.6 Å². The average molecular weight is 333 g/mol. The van der Waals surface area contributed by atoms with Crippen molar-refractivity contribution < 1.29 is 19.9 Å². The second kappa shape index (κ2) is 6.00. The van der Waals surface area contributed by atoms with Gasteiger partial charge in [0.25, 0.3) is 0 Å². The Hall–Kier alpha value is -2.23. The van der Waals surface area contributed by atoms with Gasteiger partial charge in [-0.15, -0.1) is 0 Å².